The quantitative estimate of drug-likeness (QED) is 0.421. The highest BCUT2D eigenvalue weighted by molar-refractivity contribution is 6.30. The lowest BCUT2D eigenvalue weighted by Gasteiger charge is -2.15. The second-order valence-electron chi connectivity index (χ2n) is 5.77. The van der Waals surface area contributed by atoms with E-state index in [1.807, 2.05) is 24.3 Å². The zero-order chi connectivity index (χ0) is 18.1. The number of amides is 2. The van der Waals surface area contributed by atoms with Crippen molar-refractivity contribution in [2.75, 3.05) is 19.6 Å². The number of nitriles is 1. The van der Waals surface area contributed by atoms with E-state index in [4.69, 9.17) is 16.9 Å². The highest BCUT2D eigenvalue weighted by Crippen LogP contribution is 2.10. The zero-order valence-corrected chi connectivity index (χ0v) is 14.7. The number of likely N-dealkylation sites (tertiary alicyclic amines) is 1. The molecule has 1 heterocycles. The van der Waals surface area contributed by atoms with E-state index in [9.17, 15) is 9.59 Å². The van der Waals surface area contributed by atoms with Crippen molar-refractivity contribution in [3.63, 3.8) is 0 Å². The number of hydrogen-bond acceptors (Lipinski definition) is 4. The lowest BCUT2D eigenvalue weighted by atomic mass is 10.2. The molecule has 1 aromatic carbocycles. The lowest BCUT2D eigenvalue weighted by molar-refractivity contribution is -0.127. The van der Waals surface area contributed by atoms with Crippen molar-refractivity contribution in [1.82, 2.24) is 15.5 Å². The summed E-state index contributed by atoms with van der Waals surface area (Å²) in [6.07, 6.45) is 3.60. The Morgan fingerprint density at radius 2 is 2.28 bits per heavy atom. The van der Waals surface area contributed by atoms with Gasteiger partial charge in [-0.25, -0.2) is 0 Å². The second-order valence-corrected chi connectivity index (χ2v) is 6.21. The molecule has 0 atom stereocenters. The summed E-state index contributed by atoms with van der Waals surface area (Å²) in [5.74, 6) is -0.247. The van der Waals surface area contributed by atoms with Crippen LogP contribution in [-0.2, 0) is 16.1 Å². The van der Waals surface area contributed by atoms with Gasteiger partial charge in [-0.2, -0.15) is 5.26 Å². The maximum atomic E-state index is 12.0. The Hall–Kier alpha value is -2.52. The van der Waals surface area contributed by atoms with Gasteiger partial charge in [0.25, 0.3) is 5.91 Å². The average Bonchev–Trinajstić information content (AvgIpc) is 3.00. The lowest BCUT2D eigenvalue weighted by Crippen LogP contribution is -2.31. The minimum atomic E-state index is -0.422. The van der Waals surface area contributed by atoms with E-state index < -0.39 is 5.91 Å². The summed E-state index contributed by atoms with van der Waals surface area (Å²) >= 11 is 5.91. The molecule has 0 aliphatic carbocycles. The summed E-state index contributed by atoms with van der Waals surface area (Å²) in [6.45, 7) is 2.33. The molecule has 132 valence electrons. The van der Waals surface area contributed by atoms with Crippen molar-refractivity contribution in [2.24, 2.45) is 0 Å². The molecule has 1 saturated heterocycles. The molecule has 0 saturated carbocycles. The van der Waals surface area contributed by atoms with E-state index >= 15 is 0 Å². The van der Waals surface area contributed by atoms with Crippen molar-refractivity contribution in [2.45, 2.75) is 25.8 Å². The van der Waals surface area contributed by atoms with E-state index in [1.165, 1.54) is 6.20 Å². The molecule has 0 unspecified atom stereocenters. The van der Waals surface area contributed by atoms with E-state index in [1.54, 1.807) is 11.0 Å². The molecule has 1 aliphatic rings. The van der Waals surface area contributed by atoms with Crippen molar-refractivity contribution >= 4 is 23.4 Å². The summed E-state index contributed by atoms with van der Waals surface area (Å²) < 4.78 is 0. The Morgan fingerprint density at radius 1 is 1.44 bits per heavy atom. The highest BCUT2D eigenvalue weighted by Gasteiger charge is 2.19. The van der Waals surface area contributed by atoms with Gasteiger partial charge < -0.3 is 15.5 Å². The summed E-state index contributed by atoms with van der Waals surface area (Å²) in [4.78, 5) is 25.3. The fraction of sp³-hybridized carbons (Fsp3) is 0.389. The number of nitrogens with zero attached hydrogens (tertiary/aromatic N) is 2. The van der Waals surface area contributed by atoms with Gasteiger partial charge >= 0.3 is 0 Å². The van der Waals surface area contributed by atoms with E-state index in [2.05, 4.69) is 10.6 Å². The molecule has 2 rings (SSSR count). The van der Waals surface area contributed by atoms with Gasteiger partial charge in [0.2, 0.25) is 5.91 Å². The van der Waals surface area contributed by atoms with Gasteiger partial charge in [-0.3, -0.25) is 9.59 Å². The van der Waals surface area contributed by atoms with Crippen LogP contribution in [0.3, 0.4) is 0 Å². The number of rotatable bonds is 8. The molecule has 7 heteroatoms. The Balaban J connectivity index is 1.72. The van der Waals surface area contributed by atoms with Gasteiger partial charge in [-0.15, -0.1) is 0 Å². The number of carbonyl (C=O) groups excluding carboxylic acids is 2. The van der Waals surface area contributed by atoms with Crippen LogP contribution in [0.1, 0.15) is 24.8 Å². The summed E-state index contributed by atoms with van der Waals surface area (Å²) in [5, 5.41) is 15.4. The van der Waals surface area contributed by atoms with Crippen LogP contribution in [0.25, 0.3) is 0 Å². The normalized spacial score (nSPS) is 14.3. The minimum absolute atomic E-state index is 0.0132. The predicted molar refractivity (Wildman–Crippen MR) is 95.4 cm³/mol. The molecule has 0 spiro atoms. The number of halogens is 1. The van der Waals surface area contributed by atoms with Gasteiger partial charge in [0.1, 0.15) is 11.6 Å². The van der Waals surface area contributed by atoms with Gasteiger partial charge in [-0.1, -0.05) is 23.7 Å². The van der Waals surface area contributed by atoms with E-state index in [0.29, 0.717) is 37.5 Å². The molecule has 1 fully saturated rings. The van der Waals surface area contributed by atoms with Crippen molar-refractivity contribution in [3.05, 3.63) is 46.6 Å². The largest absolute Gasteiger partial charge is 0.386 e. The first-order chi connectivity index (χ1) is 12.1. The fourth-order valence-corrected chi connectivity index (χ4v) is 2.79. The molecule has 1 aliphatic heterocycles. The van der Waals surface area contributed by atoms with Crippen LogP contribution >= 0.6 is 11.6 Å². The Kier molecular flexibility index (Phi) is 7.30. The molecule has 1 aromatic rings. The standard InChI is InChI=1S/C18H21ClN4O2/c19-16-5-1-4-14(10-16)12-21-13-15(11-20)18(25)22-7-3-9-23-8-2-6-17(23)24/h1,4-5,10,13,21H,2-3,6-9,12H2,(H,22,25)/b15-13-. The number of benzene rings is 1. The Bertz CT molecular complexity index is 697. The molecule has 6 nitrogen and oxygen atoms in total. The maximum Gasteiger partial charge on any atom is 0.263 e. The molecule has 0 bridgehead atoms. The van der Waals surface area contributed by atoms with Crippen molar-refractivity contribution in [1.29, 1.82) is 5.26 Å². The maximum absolute atomic E-state index is 12.0. The molecule has 25 heavy (non-hydrogen) atoms. The highest BCUT2D eigenvalue weighted by atomic mass is 35.5. The first-order valence-electron chi connectivity index (χ1n) is 8.24. The van der Waals surface area contributed by atoms with Gasteiger partial charge in [0.05, 0.1) is 0 Å². The van der Waals surface area contributed by atoms with Crippen LogP contribution in [0.2, 0.25) is 5.02 Å². The second kappa shape index (κ2) is 9.70. The van der Waals surface area contributed by atoms with Crippen molar-refractivity contribution < 1.29 is 9.59 Å². The number of carbonyl (C=O) groups is 2. The van der Waals surface area contributed by atoms with E-state index in [0.717, 1.165) is 18.5 Å². The molecule has 2 N–H and O–H groups in total. The first-order valence-corrected chi connectivity index (χ1v) is 8.62. The van der Waals surface area contributed by atoms with Crippen LogP contribution in [0.15, 0.2) is 36.0 Å². The monoisotopic (exact) mass is 360 g/mol. The summed E-state index contributed by atoms with van der Waals surface area (Å²) in [7, 11) is 0. The predicted octanol–water partition coefficient (Wildman–Crippen LogP) is 1.97. The van der Waals surface area contributed by atoms with E-state index in [-0.39, 0.29) is 11.5 Å². The molecule has 2 amide bonds. The van der Waals surface area contributed by atoms with Crippen molar-refractivity contribution in [3.8, 4) is 6.07 Å². The molecule has 0 aromatic heterocycles. The van der Waals surface area contributed by atoms with Gasteiger partial charge in [0.15, 0.2) is 0 Å². The minimum Gasteiger partial charge on any atom is -0.386 e. The summed E-state index contributed by atoms with van der Waals surface area (Å²) in [5.41, 5.74) is 0.969. The average molecular weight is 361 g/mol. The SMILES string of the molecule is N#C/C(=C/NCc1cccc(Cl)c1)C(=O)NCCCN1CCCC1=O. The third-order valence-corrected chi connectivity index (χ3v) is 4.10. The fourth-order valence-electron chi connectivity index (χ4n) is 2.57. The third-order valence-electron chi connectivity index (χ3n) is 3.87. The zero-order valence-electron chi connectivity index (χ0n) is 13.9. The van der Waals surface area contributed by atoms with Crippen LogP contribution in [0.5, 0.6) is 0 Å². The van der Waals surface area contributed by atoms with Crippen LogP contribution in [0.4, 0.5) is 0 Å². The third kappa shape index (κ3) is 6.12. The molecular weight excluding hydrogens is 340 g/mol. The van der Waals surface area contributed by atoms with Crippen LogP contribution < -0.4 is 10.6 Å². The molecular formula is C18H21ClN4O2. The topological polar surface area (TPSA) is 85.2 Å². The smallest absolute Gasteiger partial charge is 0.263 e. The number of nitrogens with one attached hydrogen (secondary N) is 2. The Labute approximate surface area is 152 Å². The Morgan fingerprint density at radius 3 is 2.96 bits per heavy atom. The summed E-state index contributed by atoms with van der Waals surface area (Å²) in [6, 6.07) is 9.22. The van der Waals surface area contributed by atoms with Gasteiger partial charge in [-0.05, 0) is 30.5 Å². The molecule has 0 radical (unpaired) electrons. The van der Waals surface area contributed by atoms with Crippen LogP contribution in [-0.4, -0.2) is 36.3 Å². The first kappa shape index (κ1) is 18.8. The van der Waals surface area contributed by atoms with Crippen LogP contribution in [0, 0.1) is 11.3 Å². The number of hydrogen-bond donors (Lipinski definition) is 2. The van der Waals surface area contributed by atoms with Gasteiger partial charge in [0, 0.05) is 43.8 Å².